The van der Waals surface area contributed by atoms with Crippen LogP contribution in [0.2, 0.25) is 0 Å². The van der Waals surface area contributed by atoms with Gasteiger partial charge < -0.3 is 5.11 Å². The summed E-state index contributed by atoms with van der Waals surface area (Å²) in [6, 6.07) is 0. The van der Waals surface area contributed by atoms with Crippen LogP contribution in [-0.2, 0) is 24.2 Å². The molecule has 0 aliphatic heterocycles. The van der Waals surface area contributed by atoms with Gasteiger partial charge in [-0.2, -0.15) is 8.42 Å². The van der Waals surface area contributed by atoms with Crippen LogP contribution in [0.25, 0.3) is 0 Å². The fraction of sp³-hybridized carbons (Fsp3) is 0.667. The van der Waals surface area contributed by atoms with Crippen LogP contribution >= 0.6 is 0 Å². The van der Waals surface area contributed by atoms with Crippen LogP contribution in [0.3, 0.4) is 0 Å². The second kappa shape index (κ2) is 6.96. The predicted octanol–water partition coefficient (Wildman–Crippen LogP) is 1.21. The zero-order valence-electron chi connectivity index (χ0n) is 11.1. The van der Waals surface area contributed by atoms with Crippen LogP contribution in [0.1, 0.15) is 32.6 Å². The summed E-state index contributed by atoms with van der Waals surface area (Å²) in [6.07, 6.45) is 3.40. The van der Waals surface area contributed by atoms with Gasteiger partial charge in [0.05, 0.1) is 6.10 Å². The van der Waals surface area contributed by atoms with E-state index in [0.717, 1.165) is 0 Å². The largest absolute Gasteiger partial charge is 0.481 e. The van der Waals surface area contributed by atoms with Crippen molar-refractivity contribution in [2.75, 3.05) is 0 Å². The molecule has 1 aliphatic rings. The molecule has 1 rings (SSSR count). The molecule has 0 aromatic heterocycles. The topological polar surface area (TPSA) is 118 Å². The number of carboxylic acid groups (broad SMARTS) is 1. The predicted molar refractivity (Wildman–Crippen MR) is 69.3 cm³/mol. The summed E-state index contributed by atoms with van der Waals surface area (Å²) in [7, 11) is -4.51. The Balaban J connectivity index is 2.53. The van der Waals surface area contributed by atoms with E-state index in [1.165, 1.54) is 13.0 Å². The first kappa shape index (κ1) is 16.8. The van der Waals surface area contributed by atoms with Crippen molar-refractivity contribution in [1.29, 1.82) is 0 Å². The number of rotatable bonds is 7. The van der Waals surface area contributed by atoms with Gasteiger partial charge in [-0.15, -0.1) is 0 Å². The quantitative estimate of drug-likeness (QED) is 0.536. The van der Waals surface area contributed by atoms with Crippen molar-refractivity contribution in [2.24, 2.45) is 11.8 Å². The number of carbonyl (C=O) groups is 2. The lowest BCUT2D eigenvalue weighted by atomic mass is 9.89. The van der Waals surface area contributed by atoms with E-state index in [9.17, 15) is 18.0 Å². The Morgan fingerprint density at radius 2 is 2.20 bits per heavy atom. The second-order valence-corrected chi connectivity index (χ2v) is 5.91. The molecule has 1 fully saturated rings. The highest BCUT2D eigenvalue weighted by atomic mass is 32.3. The lowest BCUT2D eigenvalue weighted by Crippen LogP contribution is -2.17. The van der Waals surface area contributed by atoms with Crippen LogP contribution in [0.5, 0.6) is 0 Å². The fourth-order valence-electron chi connectivity index (χ4n) is 2.41. The molecule has 3 atom stereocenters. The number of hydrogen-bond donors (Lipinski definition) is 2. The van der Waals surface area contributed by atoms with E-state index in [1.54, 1.807) is 6.08 Å². The van der Waals surface area contributed by atoms with Crippen molar-refractivity contribution < 1.29 is 31.8 Å². The first-order valence-electron chi connectivity index (χ1n) is 6.26. The van der Waals surface area contributed by atoms with Gasteiger partial charge in [0, 0.05) is 18.8 Å². The van der Waals surface area contributed by atoms with Gasteiger partial charge in [0.15, 0.2) is 0 Å². The van der Waals surface area contributed by atoms with Crippen LogP contribution < -0.4 is 0 Å². The normalized spacial score (nSPS) is 25.2. The molecule has 1 saturated carbocycles. The first-order chi connectivity index (χ1) is 9.19. The minimum Gasteiger partial charge on any atom is -0.481 e. The number of carbonyl (C=O) groups excluding carboxylic acids is 1. The monoisotopic (exact) mass is 306 g/mol. The Morgan fingerprint density at radius 3 is 2.75 bits per heavy atom. The van der Waals surface area contributed by atoms with Crippen LogP contribution in [0, 0.1) is 11.8 Å². The average molecular weight is 306 g/mol. The summed E-state index contributed by atoms with van der Waals surface area (Å²) in [5.74, 6) is -1.42. The molecule has 20 heavy (non-hydrogen) atoms. The smallest absolute Gasteiger partial charge is 0.397 e. The Kier molecular flexibility index (Phi) is 5.85. The van der Waals surface area contributed by atoms with Gasteiger partial charge in [0.2, 0.25) is 0 Å². The SMILES string of the molecule is CC(/C=C\CC1C(=O)CCC1CC(=O)O)OS(=O)(=O)O. The number of Topliss-reactive ketones (excluding diaryl/α,β-unsaturated/α-hetero) is 1. The van der Waals surface area contributed by atoms with E-state index in [1.807, 2.05) is 0 Å². The molecular formula is C12H18O7S. The van der Waals surface area contributed by atoms with Crippen LogP contribution in [0.4, 0.5) is 0 Å². The molecule has 114 valence electrons. The second-order valence-electron chi connectivity index (χ2n) is 4.86. The zero-order chi connectivity index (χ0) is 15.3. The van der Waals surface area contributed by atoms with E-state index in [4.69, 9.17) is 9.66 Å². The van der Waals surface area contributed by atoms with Crippen LogP contribution in [-0.4, -0.2) is 35.9 Å². The summed E-state index contributed by atoms with van der Waals surface area (Å²) in [6.45, 7) is 1.43. The van der Waals surface area contributed by atoms with E-state index >= 15 is 0 Å². The Bertz CT molecular complexity index is 494. The molecule has 0 amide bonds. The Morgan fingerprint density at radius 1 is 1.55 bits per heavy atom. The lowest BCUT2D eigenvalue weighted by Gasteiger charge is -2.14. The Labute approximate surface area is 117 Å². The molecule has 7 nitrogen and oxygen atoms in total. The van der Waals surface area contributed by atoms with Crippen molar-refractivity contribution in [3.8, 4) is 0 Å². The fourth-order valence-corrected chi connectivity index (χ4v) is 2.86. The van der Waals surface area contributed by atoms with Crippen molar-refractivity contribution >= 4 is 22.2 Å². The highest BCUT2D eigenvalue weighted by molar-refractivity contribution is 7.80. The summed E-state index contributed by atoms with van der Waals surface area (Å²) in [4.78, 5) is 22.4. The maximum atomic E-state index is 11.7. The zero-order valence-corrected chi connectivity index (χ0v) is 11.9. The summed E-state index contributed by atoms with van der Waals surface area (Å²) in [5.41, 5.74) is 0. The summed E-state index contributed by atoms with van der Waals surface area (Å²) >= 11 is 0. The van der Waals surface area contributed by atoms with Gasteiger partial charge in [0.1, 0.15) is 5.78 Å². The van der Waals surface area contributed by atoms with E-state index in [2.05, 4.69) is 4.18 Å². The molecule has 8 heteroatoms. The highest BCUT2D eigenvalue weighted by Crippen LogP contribution is 2.34. The van der Waals surface area contributed by atoms with Gasteiger partial charge in [-0.3, -0.25) is 14.1 Å². The van der Waals surface area contributed by atoms with Crippen LogP contribution in [0.15, 0.2) is 12.2 Å². The van der Waals surface area contributed by atoms with Gasteiger partial charge >= 0.3 is 16.4 Å². The van der Waals surface area contributed by atoms with Gasteiger partial charge in [-0.05, 0) is 25.7 Å². The number of carboxylic acids is 1. The first-order valence-corrected chi connectivity index (χ1v) is 7.62. The molecule has 3 unspecified atom stereocenters. The number of hydrogen-bond acceptors (Lipinski definition) is 5. The maximum absolute atomic E-state index is 11.7. The minimum absolute atomic E-state index is 0.0317. The van der Waals surface area contributed by atoms with Crippen molar-refractivity contribution in [3.05, 3.63) is 12.2 Å². The molecule has 1 aliphatic carbocycles. The molecule has 0 aromatic carbocycles. The van der Waals surface area contributed by atoms with Crippen molar-refractivity contribution in [3.63, 3.8) is 0 Å². The lowest BCUT2D eigenvalue weighted by molar-refractivity contribution is -0.138. The molecule has 0 radical (unpaired) electrons. The van der Waals surface area contributed by atoms with E-state index in [0.29, 0.717) is 19.3 Å². The Hall–Kier alpha value is -1.25. The number of ketones is 1. The van der Waals surface area contributed by atoms with Gasteiger partial charge in [-0.25, -0.2) is 4.18 Å². The molecule has 2 N–H and O–H groups in total. The van der Waals surface area contributed by atoms with E-state index in [-0.39, 0.29) is 24.0 Å². The summed E-state index contributed by atoms with van der Waals surface area (Å²) < 4.78 is 33.7. The standard InChI is InChI=1S/C12H18O7S/c1-8(19-20(16,17)18)3-2-4-10-9(7-12(14)15)5-6-11(10)13/h2-3,8-10H,4-7H2,1H3,(H,14,15)(H,16,17,18)/b3-2-. The number of aliphatic carboxylic acids is 1. The van der Waals surface area contributed by atoms with Gasteiger partial charge in [-0.1, -0.05) is 12.2 Å². The van der Waals surface area contributed by atoms with Crippen molar-refractivity contribution in [2.45, 2.75) is 38.7 Å². The average Bonchev–Trinajstić information content (AvgIpc) is 2.58. The maximum Gasteiger partial charge on any atom is 0.397 e. The van der Waals surface area contributed by atoms with Crippen molar-refractivity contribution in [1.82, 2.24) is 0 Å². The molecule has 0 heterocycles. The third-order valence-electron chi connectivity index (χ3n) is 3.25. The van der Waals surface area contributed by atoms with Gasteiger partial charge in [0.25, 0.3) is 0 Å². The third-order valence-corrected chi connectivity index (χ3v) is 3.80. The van der Waals surface area contributed by atoms with E-state index < -0.39 is 22.5 Å². The molecule has 0 bridgehead atoms. The number of allylic oxidation sites excluding steroid dienone is 1. The molecule has 0 aromatic rings. The molecule has 0 saturated heterocycles. The molecular weight excluding hydrogens is 288 g/mol. The summed E-state index contributed by atoms with van der Waals surface area (Å²) in [5, 5.41) is 8.78. The molecule has 0 spiro atoms. The third kappa shape index (κ3) is 5.81. The highest BCUT2D eigenvalue weighted by Gasteiger charge is 2.34. The minimum atomic E-state index is -4.51.